The third-order valence-electron chi connectivity index (χ3n) is 6.36. The number of halogens is 1. The number of anilines is 1. The molecule has 2 aliphatic heterocycles. The number of aliphatic hydroxyl groups excluding tert-OH is 1. The van der Waals surface area contributed by atoms with Gasteiger partial charge in [-0.2, -0.15) is 0 Å². The van der Waals surface area contributed by atoms with Crippen molar-refractivity contribution in [2.45, 2.75) is 57.1 Å². The number of benzene rings is 1. The zero-order valence-electron chi connectivity index (χ0n) is 14.6. The topological polar surface area (TPSA) is 43.8 Å². The Hall–Kier alpha value is -1.62. The van der Waals surface area contributed by atoms with Crippen molar-refractivity contribution in [1.82, 2.24) is 4.90 Å². The Morgan fingerprint density at radius 1 is 1.20 bits per heavy atom. The highest BCUT2D eigenvalue weighted by molar-refractivity contribution is 5.86. The number of piperidine rings is 1. The van der Waals surface area contributed by atoms with Crippen molar-refractivity contribution in [3.05, 3.63) is 30.1 Å². The van der Waals surface area contributed by atoms with Gasteiger partial charge >= 0.3 is 0 Å². The molecule has 3 fully saturated rings. The lowest BCUT2D eigenvalue weighted by atomic mass is 9.78. The van der Waals surface area contributed by atoms with Crippen LogP contribution < -0.4 is 4.90 Å². The third-order valence-corrected chi connectivity index (χ3v) is 6.36. The Morgan fingerprint density at radius 2 is 2.00 bits per heavy atom. The molecule has 4 rings (SSSR count). The lowest BCUT2D eigenvalue weighted by Crippen LogP contribution is -2.50. The molecule has 2 heterocycles. The molecule has 5 heteroatoms. The second-order valence-electron chi connectivity index (χ2n) is 7.89. The Kier molecular flexibility index (Phi) is 4.44. The van der Waals surface area contributed by atoms with Gasteiger partial charge in [-0.15, -0.1) is 0 Å². The van der Waals surface area contributed by atoms with Gasteiger partial charge in [0.05, 0.1) is 17.2 Å². The number of nitrogens with zero attached hydrogens (tertiary/aromatic N) is 2. The first kappa shape index (κ1) is 16.8. The molecule has 1 aliphatic carbocycles. The quantitative estimate of drug-likeness (QED) is 0.896. The van der Waals surface area contributed by atoms with Crippen LogP contribution in [-0.4, -0.2) is 47.7 Å². The van der Waals surface area contributed by atoms with Crippen LogP contribution in [0.4, 0.5) is 10.1 Å². The van der Waals surface area contributed by atoms with Crippen molar-refractivity contribution in [2.24, 2.45) is 5.41 Å². The highest BCUT2D eigenvalue weighted by Crippen LogP contribution is 2.43. The van der Waals surface area contributed by atoms with E-state index in [4.69, 9.17) is 0 Å². The van der Waals surface area contributed by atoms with Crippen molar-refractivity contribution in [3.63, 3.8) is 0 Å². The number of carbonyl (C=O) groups is 1. The second-order valence-corrected chi connectivity index (χ2v) is 7.89. The van der Waals surface area contributed by atoms with Crippen molar-refractivity contribution in [2.75, 3.05) is 24.5 Å². The lowest BCUT2D eigenvalue weighted by Gasteiger charge is -2.41. The molecule has 0 bridgehead atoms. The average Bonchev–Trinajstić information content (AvgIpc) is 2.92. The Balaban J connectivity index is 1.50. The van der Waals surface area contributed by atoms with Crippen LogP contribution in [0.2, 0.25) is 0 Å². The van der Waals surface area contributed by atoms with Gasteiger partial charge in [-0.1, -0.05) is 6.07 Å². The SMILES string of the molecule is O=C1N(C2CCC(O)CC2)CC[C@@]12CCCN(c1cc[c]cc1F)C2. The monoisotopic (exact) mass is 345 g/mol. The van der Waals surface area contributed by atoms with E-state index in [1.54, 1.807) is 12.1 Å². The molecule has 135 valence electrons. The standard InChI is InChI=1S/C20H26FN2O2/c21-17-4-1-2-5-18(17)22-12-3-10-20(14-22)11-13-23(19(20)25)15-6-8-16(24)9-7-15/h2,4-5,15-16,24H,3,6-14H2/t15?,16?,20-/m1/s1. The molecule has 25 heavy (non-hydrogen) atoms. The average molecular weight is 345 g/mol. The second kappa shape index (κ2) is 6.60. The zero-order chi connectivity index (χ0) is 17.4. The number of likely N-dealkylation sites (tertiary alicyclic amines) is 1. The Bertz CT molecular complexity index is 644. The summed E-state index contributed by atoms with van der Waals surface area (Å²) in [5.74, 6) is -0.00962. The molecule has 1 amide bonds. The smallest absolute Gasteiger partial charge is 0.230 e. The molecule has 1 saturated carbocycles. The molecule has 0 unspecified atom stereocenters. The van der Waals surface area contributed by atoms with Gasteiger partial charge in [0.25, 0.3) is 0 Å². The lowest BCUT2D eigenvalue weighted by molar-refractivity contribution is -0.139. The van der Waals surface area contributed by atoms with Gasteiger partial charge in [-0.25, -0.2) is 4.39 Å². The maximum Gasteiger partial charge on any atom is 0.230 e. The maximum atomic E-state index is 14.2. The Labute approximate surface area is 148 Å². The summed E-state index contributed by atoms with van der Waals surface area (Å²) < 4.78 is 14.2. The van der Waals surface area contributed by atoms with Crippen LogP contribution >= 0.6 is 0 Å². The van der Waals surface area contributed by atoms with Crippen LogP contribution in [-0.2, 0) is 4.79 Å². The highest BCUT2D eigenvalue weighted by atomic mass is 19.1. The summed E-state index contributed by atoms with van der Waals surface area (Å²) in [7, 11) is 0. The summed E-state index contributed by atoms with van der Waals surface area (Å²) in [5, 5.41) is 9.72. The van der Waals surface area contributed by atoms with Crippen LogP contribution in [0.3, 0.4) is 0 Å². The minimum Gasteiger partial charge on any atom is -0.393 e. The summed E-state index contributed by atoms with van der Waals surface area (Å²) in [5.41, 5.74) is 0.227. The molecule has 1 aromatic rings. The van der Waals surface area contributed by atoms with E-state index in [0.29, 0.717) is 12.2 Å². The molecule has 1 spiro atoms. The largest absolute Gasteiger partial charge is 0.393 e. The van der Waals surface area contributed by atoms with Crippen LogP contribution in [0, 0.1) is 17.3 Å². The first-order chi connectivity index (χ1) is 12.1. The number of amides is 1. The zero-order valence-corrected chi connectivity index (χ0v) is 14.6. The molecule has 0 aromatic heterocycles. The van der Waals surface area contributed by atoms with Gasteiger partial charge in [-0.05, 0) is 63.1 Å². The highest BCUT2D eigenvalue weighted by Gasteiger charge is 2.50. The summed E-state index contributed by atoms with van der Waals surface area (Å²) in [4.78, 5) is 17.4. The van der Waals surface area contributed by atoms with Gasteiger partial charge < -0.3 is 14.9 Å². The summed E-state index contributed by atoms with van der Waals surface area (Å²) >= 11 is 0. The van der Waals surface area contributed by atoms with Crippen molar-refractivity contribution >= 4 is 11.6 Å². The molecule has 3 aliphatic rings. The van der Waals surface area contributed by atoms with E-state index in [9.17, 15) is 14.3 Å². The van der Waals surface area contributed by atoms with E-state index >= 15 is 0 Å². The van der Waals surface area contributed by atoms with E-state index in [2.05, 4.69) is 11.0 Å². The van der Waals surface area contributed by atoms with Crippen LogP contribution in [0.1, 0.15) is 44.9 Å². The minimum absolute atomic E-state index is 0.203. The fraction of sp³-hybridized carbons (Fsp3) is 0.650. The fourth-order valence-corrected chi connectivity index (χ4v) is 4.94. The summed E-state index contributed by atoms with van der Waals surface area (Å²) in [6, 6.07) is 7.90. The molecule has 1 N–H and O–H groups in total. The van der Waals surface area contributed by atoms with Crippen LogP contribution in [0.5, 0.6) is 0 Å². The van der Waals surface area contributed by atoms with Gasteiger partial charge in [0.1, 0.15) is 5.82 Å². The van der Waals surface area contributed by atoms with Crippen LogP contribution in [0.15, 0.2) is 18.2 Å². The number of carbonyl (C=O) groups excluding carboxylic acids is 1. The number of aliphatic hydroxyl groups is 1. The number of rotatable bonds is 2. The molecule has 2 saturated heterocycles. The van der Waals surface area contributed by atoms with Crippen molar-refractivity contribution in [3.8, 4) is 0 Å². The maximum absolute atomic E-state index is 14.2. The summed E-state index contributed by atoms with van der Waals surface area (Å²) in [6.45, 7) is 2.21. The third kappa shape index (κ3) is 3.03. The molecule has 1 aromatic carbocycles. The predicted octanol–water partition coefficient (Wildman–Crippen LogP) is 2.75. The molecule has 1 radical (unpaired) electrons. The van der Waals surface area contributed by atoms with Crippen molar-refractivity contribution < 1.29 is 14.3 Å². The van der Waals surface area contributed by atoms with E-state index in [-0.39, 0.29) is 29.3 Å². The molecular weight excluding hydrogens is 319 g/mol. The first-order valence-electron chi connectivity index (χ1n) is 9.49. The normalized spacial score (nSPS) is 33.3. The minimum atomic E-state index is -0.361. The van der Waals surface area contributed by atoms with E-state index in [1.807, 2.05) is 4.90 Å². The first-order valence-corrected chi connectivity index (χ1v) is 9.49. The van der Waals surface area contributed by atoms with Gasteiger partial charge in [-0.3, -0.25) is 4.79 Å². The van der Waals surface area contributed by atoms with Gasteiger partial charge in [0, 0.05) is 25.7 Å². The Morgan fingerprint density at radius 3 is 2.76 bits per heavy atom. The fourth-order valence-electron chi connectivity index (χ4n) is 4.94. The van der Waals surface area contributed by atoms with E-state index < -0.39 is 0 Å². The van der Waals surface area contributed by atoms with Gasteiger partial charge in [0.2, 0.25) is 5.91 Å². The van der Waals surface area contributed by atoms with Gasteiger partial charge in [0.15, 0.2) is 0 Å². The molecule has 1 atom stereocenters. The number of hydrogen-bond donors (Lipinski definition) is 1. The number of hydrogen-bond acceptors (Lipinski definition) is 3. The molecular formula is C20H26FN2O2. The molecule has 4 nitrogen and oxygen atoms in total. The summed E-state index contributed by atoms with van der Waals surface area (Å²) in [6.07, 6.45) is 5.85. The predicted molar refractivity (Wildman–Crippen MR) is 93.7 cm³/mol. The van der Waals surface area contributed by atoms with E-state index in [0.717, 1.165) is 58.0 Å². The van der Waals surface area contributed by atoms with Crippen molar-refractivity contribution in [1.29, 1.82) is 0 Å². The van der Waals surface area contributed by atoms with Crippen LogP contribution in [0.25, 0.3) is 0 Å². The van der Waals surface area contributed by atoms with E-state index in [1.165, 1.54) is 6.07 Å².